The van der Waals surface area contributed by atoms with Gasteiger partial charge in [-0.05, 0) is 37.9 Å². The third-order valence-electron chi connectivity index (χ3n) is 3.94. The second kappa shape index (κ2) is 7.88. The smallest absolute Gasteiger partial charge is 0.211 e. The molecule has 0 radical (unpaired) electrons. The zero-order chi connectivity index (χ0) is 14.4. The molecule has 0 aromatic carbocycles. The van der Waals surface area contributed by atoms with E-state index in [1.54, 1.807) is 11.3 Å². The Morgan fingerprint density at radius 3 is 2.60 bits per heavy atom. The molecule has 20 heavy (non-hydrogen) atoms. The number of hydrogen-bond donors (Lipinski definition) is 2. The van der Waals surface area contributed by atoms with Gasteiger partial charge in [-0.2, -0.15) is 0 Å². The Bertz CT molecular complexity index is 423. The molecule has 0 amide bonds. The van der Waals surface area contributed by atoms with Crippen molar-refractivity contribution in [2.75, 3.05) is 5.32 Å². The van der Waals surface area contributed by atoms with Crippen molar-refractivity contribution < 1.29 is 0 Å². The van der Waals surface area contributed by atoms with Gasteiger partial charge in [0.2, 0.25) is 5.13 Å². The number of aromatic nitrogens is 2. The molecule has 1 aromatic heterocycles. The molecule has 1 fully saturated rings. The van der Waals surface area contributed by atoms with Crippen molar-refractivity contribution in [3.8, 4) is 0 Å². The minimum Gasteiger partial charge on any atom is -0.360 e. The first-order valence-electron chi connectivity index (χ1n) is 7.63. The molecule has 4 nitrogen and oxygen atoms in total. The first kappa shape index (κ1) is 15.6. The lowest BCUT2D eigenvalue weighted by atomic mass is 9.96. The molecule has 112 valence electrons. The van der Waals surface area contributed by atoms with Crippen molar-refractivity contribution in [3.63, 3.8) is 0 Å². The second-order valence-electron chi connectivity index (χ2n) is 5.39. The number of thiocarbonyl (C=S) groups is 1. The van der Waals surface area contributed by atoms with Gasteiger partial charge in [0.05, 0.1) is 0 Å². The van der Waals surface area contributed by atoms with E-state index in [0.717, 1.165) is 23.0 Å². The SMILES string of the molecule is CCC(CC)c1nnc(NC(=S)NC2CCCCC2)s1. The average molecular weight is 313 g/mol. The maximum atomic E-state index is 5.37. The Labute approximate surface area is 130 Å². The van der Waals surface area contributed by atoms with Gasteiger partial charge in [-0.25, -0.2) is 0 Å². The highest BCUT2D eigenvalue weighted by atomic mass is 32.1. The van der Waals surface area contributed by atoms with Crippen LogP contribution in [0.2, 0.25) is 0 Å². The lowest BCUT2D eigenvalue weighted by Gasteiger charge is -2.23. The van der Waals surface area contributed by atoms with Crippen molar-refractivity contribution in [2.45, 2.75) is 70.8 Å². The van der Waals surface area contributed by atoms with Crippen LogP contribution in [0.25, 0.3) is 0 Å². The highest BCUT2D eigenvalue weighted by Crippen LogP contribution is 2.28. The molecule has 0 spiro atoms. The zero-order valence-electron chi connectivity index (χ0n) is 12.3. The van der Waals surface area contributed by atoms with E-state index < -0.39 is 0 Å². The molecule has 0 bridgehead atoms. The monoisotopic (exact) mass is 312 g/mol. The summed E-state index contributed by atoms with van der Waals surface area (Å²) in [4.78, 5) is 0. The minimum absolute atomic E-state index is 0.517. The molecular formula is C14H24N4S2. The minimum atomic E-state index is 0.517. The molecule has 1 aliphatic carbocycles. The molecule has 1 aromatic rings. The van der Waals surface area contributed by atoms with Gasteiger partial charge in [0.25, 0.3) is 0 Å². The maximum absolute atomic E-state index is 5.37. The molecular weight excluding hydrogens is 288 g/mol. The van der Waals surface area contributed by atoms with Crippen molar-refractivity contribution in [3.05, 3.63) is 5.01 Å². The van der Waals surface area contributed by atoms with Gasteiger partial charge in [-0.3, -0.25) is 0 Å². The summed E-state index contributed by atoms with van der Waals surface area (Å²) in [6, 6.07) is 0.523. The molecule has 1 heterocycles. The molecule has 1 saturated carbocycles. The number of nitrogens with one attached hydrogen (secondary N) is 2. The van der Waals surface area contributed by atoms with Crippen LogP contribution in [0, 0.1) is 0 Å². The third kappa shape index (κ3) is 4.38. The molecule has 0 saturated heterocycles. The lowest BCUT2D eigenvalue weighted by molar-refractivity contribution is 0.415. The standard InChI is InChI=1S/C14H24N4S2/c1-3-10(4-2)12-17-18-14(20-12)16-13(19)15-11-8-6-5-7-9-11/h10-11H,3-9H2,1-2H3,(H2,15,16,18,19). The Morgan fingerprint density at radius 2 is 1.95 bits per heavy atom. The summed E-state index contributed by atoms with van der Waals surface area (Å²) >= 11 is 6.98. The Kier molecular flexibility index (Phi) is 6.16. The number of hydrogen-bond acceptors (Lipinski definition) is 4. The average Bonchev–Trinajstić information content (AvgIpc) is 2.89. The zero-order valence-corrected chi connectivity index (χ0v) is 13.9. The van der Waals surface area contributed by atoms with Crippen LogP contribution in [0.5, 0.6) is 0 Å². The summed E-state index contributed by atoms with van der Waals surface area (Å²) in [6.07, 6.45) is 8.61. The highest BCUT2D eigenvalue weighted by Gasteiger charge is 2.16. The van der Waals surface area contributed by atoms with E-state index >= 15 is 0 Å². The second-order valence-corrected chi connectivity index (χ2v) is 6.81. The van der Waals surface area contributed by atoms with Gasteiger partial charge >= 0.3 is 0 Å². The summed E-state index contributed by atoms with van der Waals surface area (Å²) < 4.78 is 0. The van der Waals surface area contributed by atoms with E-state index in [4.69, 9.17) is 12.2 Å². The van der Waals surface area contributed by atoms with Crippen molar-refractivity contribution >= 4 is 33.8 Å². The van der Waals surface area contributed by atoms with Gasteiger partial charge in [0.1, 0.15) is 5.01 Å². The van der Waals surface area contributed by atoms with Crippen LogP contribution in [-0.4, -0.2) is 21.4 Å². The van der Waals surface area contributed by atoms with Crippen molar-refractivity contribution in [1.82, 2.24) is 15.5 Å². The summed E-state index contributed by atoms with van der Waals surface area (Å²) in [5.74, 6) is 0.517. The molecule has 0 atom stereocenters. The van der Waals surface area contributed by atoms with E-state index in [0.29, 0.717) is 17.1 Å². The predicted molar refractivity (Wildman–Crippen MR) is 89.5 cm³/mol. The van der Waals surface area contributed by atoms with Gasteiger partial charge < -0.3 is 10.6 Å². The van der Waals surface area contributed by atoms with Crippen LogP contribution in [0.15, 0.2) is 0 Å². The topological polar surface area (TPSA) is 49.8 Å². The van der Waals surface area contributed by atoms with Gasteiger partial charge in [-0.1, -0.05) is 44.4 Å². The molecule has 0 aliphatic heterocycles. The summed E-state index contributed by atoms with van der Waals surface area (Å²) in [5, 5.41) is 17.6. The summed E-state index contributed by atoms with van der Waals surface area (Å²) in [6.45, 7) is 4.38. The summed E-state index contributed by atoms with van der Waals surface area (Å²) in [7, 11) is 0. The normalized spacial score (nSPS) is 16.4. The van der Waals surface area contributed by atoms with Crippen LogP contribution in [0.4, 0.5) is 5.13 Å². The fourth-order valence-corrected chi connectivity index (χ4v) is 4.00. The predicted octanol–water partition coefficient (Wildman–Crippen LogP) is 4.06. The first-order chi connectivity index (χ1) is 9.72. The van der Waals surface area contributed by atoms with Crippen molar-refractivity contribution in [2.24, 2.45) is 0 Å². The fourth-order valence-electron chi connectivity index (χ4n) is 2.65. The summed E-state index contributed by atoms with van der Waals surface area (Å²) in [5.41, 5.74) is 0. The maximum Gasteiger partial charge on any atom is 0.211 e. The Balaban J connectivity index is 1.84. The number of rotatable bonds is 5. The Hall–Kier alpha value is -0.750. The molecule has 1 aliphatic rings. The van der Waals surface area contributed by atoms with Crippen molar-refractivity contribution in [1.29, 1.82) is 0 Å². The van der Waals surface area contributed by atoms with Crippen LogP contribution in [0.3, 0.4) is 0 Å². The van der Waals surface area contributed by atoms with Gasteiger partial charge in [-0.15, -0.1) is 10.2 Å². The Morgan fingerprint density at radius 1 is 1.25 bits per heavy atom. The van der Waals surface area contributed by atoms with Crippen LogP contribution >= 0.6 is 23.6 Å². The van der Waals surface area contributed by atoms with Gasteiger partial charge in [0.15, 0.2) is 5.11 Å². The van der Waals surface area contributed by atoms with Gasteiger partial charge in [0, 0.05) is 12.0 Å². The van der Waals surface area contributed by atoms with E-state index in [1.807, 2.05) is 0 Å². The number of nitrogens with zero attached hydrogens (tertiary/aromatic N) is 2. The molecule has 6 heteroatoms. The molecule has 2 rings (SSSR count). The van der Waals surface area contributed by atoms with Crippen LogP contribution < -0.4 is 10.6 Å². The quantitative estimate of drug-likeness (QED) is 0.803. The molecule has 2 N–H and O–H groups in total. The van der Waals surface area contributed by atoms with E-state index in [-0.39, 0.29) is 0 Å². The fraction of sp³-hybridized carbons (Fsp3) is 0.786. The first-order valence-corrected chi connectivity index (χ1v) is 8.86. The van der Waals surface area contributed by atoms with Crippen LogP contribution in [0.1, 0.15) is 69.7 Å². The van der Waals surface area contributed by atoms with Crippen LogP contribution in [-0.2, 0) is 0 Å². The lowest BCUT2D eigenvalue weighted by Crippen LogP contribution is -2.38. The van der Waals surface area contributed by atoms with E-state index in [2.05, 4.69) is 34.7 Å². The van der Waals surface area contributed by atoms with E-state index in [9.17, 15) is 0 Å². The number of anilines is 1. The highest BCUT2D eigenvalue weighted by molar-refractivity contribution is 7.80. The largest absolute Gasteiger partial charge is 0.360 e. The third-order valence-corrected chi connectivity index (χ3v) is 5.16. The molecule has 0 unspecified atom stereocenters. The van der Waals surface area contributed by atoms with E-state index in [1.165, 1.54) is 32.1 Å².